The molecule has 0 unspecified atom stereocenters. The van der Waals surface area contributed by atoms with Crippen molar-refractivity contribution in [2.75, 3.05) is 0 Å². The number of hydrogen-bond acceptors (Lipinski definition) is 3. The molecule has 0 bridgehead atoms. The summed E-state index contributed by atoms with van der Waals surface area (Å²) in [6.45, 7) is 0. The number of carboxylic acids is 1. The monoisotopic (exact) mass is 228 g/mol. The third-order valence-corrected chi connectivity index (χ3v) is 2.53. The second kappa shape index (κ2) is 3.48. The first-order chi connectivity index (χ1) is 8.24. The van der Waals surface area contributed by atoms with Crippen molar-refractivity contribution in [3.63, 3.8) is 0 Å². The lowest BCUT2D eigenvalue weighted by atomic mass is 10.2. The summed E-state index contributed by atoms with van der Waals surface area (Å²) in [6.07, 6.45) is 4.73. The fraction of sp³-hybridized carbons (Fsp3) is 0. The zero-order valence-corrected chi connectivity index (χ0v) is 8.70. The Morgan fingerprint density at radius 2 is 2.24 bits per heavy atom. The highest BCUT2D eigenvalue weighted by Gasteiger charge is 2.10. The fourth-order valence-electron chi connectivity index (χ4n) is 1.67. The quantitative estimate of drug-likeness (QED) is 0.730. The van der Waals surface area contributed by atoms with Gasteiger partial charge in [-0.2, -0.15) is 5.10 Å². The average molecular weight is 228 g/mol. The molecule has 0 fully saturated rings. The van der Waals surface area contributed by atoms with Crippen molar-refractivity contribution in [1.29, 1.82) is 0 Å². The van der Waals surface area contributed by atoms with Crippen molar-refractivity contribution in [1.82, 2.24) is 9.61 Å². The Labute approximate surface area is 95.9 Å². The van der Waals surface area contributed by atoms with Crippen LogP contribution in [0.15, 0.2) is 47.3 Å². The third-order valence-electron chi connectivity index (χ3n) is 2.53. The van der Waals surface area contributed by atoms with Gasteiger partial charge in [0, 0.05) is 18.0 Å². The first-order valence-corrected chi connectivity index (χ1v) is 4.99. The molecule has 0 aromatic carbocycles. The van der Waals surface area contributed by atoms with Crippen LogP contribution in [0.2, 0.25) is 0 Å². The standard InChI is InChI=1S/C12H8N2O3/c15-12(16)9-6-11(17-7-9)8-2-4-14-10(5-8)1-3-13-14/h1-7H,(H,15,16). The van der Waals surface area contributed by atoms with Crippen LogP contribution < -0.4 is 0 Å². The third kappa shape index (κ3) is 1.57. The van der Waals surface area contributed by atoms with E-state index in [2.05, 4.69) is 5.10 Å². The molecule has 0 radical (unpaired) electrons. The summed E-state index contributed by atoms with van der Waals surface area (Å²) in [6, 6.07) is 7.08. The van der Waals surface area contributed by atoms with Crippen LogP contribution >= 0.6 is 0 Å². The molecule has 5 nitrogen and oxygen atoms in total. The predicted molar refractivity (Wildman–Crippen MR) is 59.9 cm³/mol. The Hall–Kier alpha value is -2.56. The minimum Gasteiger partial charge on any atom is -0.478 e. The zero-order valence-electron chi connectivity index (χ0n) is 8.70. The molecule has 0 atom stereocenters. The molecule has 3 aromatic heterocycles. The Kier molecular flexibility index (Phi) is 1.98. The minimum atomic E-state index is -0.995. The van der Waals surface area contributed by atoms with Crippen LogP contribution in [-0.4, -0.2) is 20.7 Å². The second-order valence-corrected chi connectivity index (χ2v) is 3.62. The van der Waals surface area contributed by atoms with Crippen LogP contribution in [0, 0.1) is 0 Å². The van der Waals surface area contributed by atoms with Gasteiger partial charge < -0.3 is 9.52 Å². The van der Waals surface area contributed by atoms with Gasteiger partial charge in [-0.15, -0.1) is 0 Å². The van der Waals surface area contributed by atoms with Crippen LogP contribution in [0.25, 0.3) is 16.8 Å². The van der Waals surface area contributed by atoms with Gasteiger partial charge in [0.25, 0.3) is 0 Å². The fourth-order valence-corrected chi connectivity index (χ4v) is 1.67. The van der Waals surface area contributed by atoms with E-state index in [1.54, 1.807) is 16.9 Å². The number of pyridine rings is 1. The number of furan rings is 1. The summed E-state index contributed by atoms with van der Waals surface area (Å²) in [5.41, 5.74) is 1.90. The molecule has 0 spiro atoms. The van der Waals surface area contributed by atoms with E-state index < -0.39 is 5.97 Å². The number of aromatic nitrogens is 2. The van der Waals surface area contributed by atoms with Crippen LogP contribution in [0.4, 0.5) is 0 Å². The maximum absolute atomic E-state index is 10.7. The van der Waals surface area contributed by atoms with E-state index in [-0.39, 0.29) is 5.56 Å². The Morgan fingerprint density at radius 1 is 1.35 bits per heavy atom. The highest BCUT2D eigenvalue weighted by atomic mass is 16.4. The molecule has 84 valence electrons. The van der Waals surface area contributed by atoms with E-state index in [9.17, 15) is 4.79 Å². The molecule has 3 aromatic rings. The van der Waals surface area contributed by atoms with Crippen molar-refractivity contribution in [3.05, 3.63) is 48.5 Å². The van der Waals surface area contributed by atoms with E-state index in [4.69, 9.17) is 9.52 Å². The number of carbonyl (C=O) groups is 1. The lowest BCUT2D eigenvalue weighted by Gasteiger charge is -1.97. The highest BCUT2D eigenvalue weighted by Crippen LogP contribution is 2.23. The summed E-state index contributed by atoms with van der Waals surface area (Å²) >= 11 is 0. The number of rotatable bonds is 2. The van der Waals surface area contributed by atoms with Gasteiger partial charge in [0.1, 0.15) is 12.0 Å². The number of hydrogen-bond donors (Lipinski definition) is 1. The van der Waals surface area contributed by atoms with Gasteiger partial charge in [-0.3, -0.25) is 0 Å². The summed E-state index contributed by atoms with van der Waals surface area (Å²) in [5, 5.41) is 12.9. The first-order valence-electron chi connectivity index (χ1n) is 4.99. The number of aromatic carboxylic acids is 1. The molecule has 5 heteroatoms. The molecule has 0 aliphatic carbocycles. The number of nitrogens with zero attached hydrogens (tertiary/aromatic N) is 2. The van der Waals surface area contributed by atoms with E-state index in [1.165, 1.54) is 12.3 Å². The Morgan fingerprint density at radius 3 is 3.00 bits per heavy atom. The van der Waals surface area contributed by atoms with Crippen molar-refractivity contribution in [3.8, 4) is 11.3 Å². The Bertz CT molecular complexity index is 696. The van der Waals surface area contributed by atoms with Gasteiger partial charge in [-0.05, 0) is 24.3 Å². The molecule has 0 aliphatic rings. The van der Waals surface area contributed by atoms with Gasteiger partial charge in [-0.25, -0.2) is 9.31 Å². The lowest BCUT2D eigenvalue weighted by molar-refractivity contribution is 0.0696. The maximum atomic E-state index is 10.7. The number of carboxylic acid groups (broad SMARTS) is 1. The second-order valence-electron chi connectivity index (χ2n) is 3.62. The van der Waals surface area contributed by atoms with Crippen LogP contribution in [0.1, 0.15) is 10.4 Å². The van der Waals surface area contributed by atoms with Gasteiger partial charge in [0.2, 0.25) is 0 Å². The molecule has 0 saturated carbocycles. The predicted octanol–water partition coefficient (Wildman–Crippen LogP) is 2.29. The van der Waals surface area contributed by atoms with E-state index >= 15 is 0 Å². The maximum Gasteiger partial charge on any atom is 0.338 e. The van der Waals surface area contributed by atoms with E-state index in [0.717, 1.165) is 11.1 Å². The van der Waals surface area contributed by atoms with Gasteiger partial charge in [0.15, 0.2) is 0 Å². The van der Waals surface area contributed by atoms with Crippen LogP contribution in [0.3, 0.4) is 0 Å². The molecular weight excluding hydrogens is 220 g/mol. The van der Waals surface area contributed by atoms with Gasteiger partial charge >= 0.3 is 5.97 Å². The summed E-state index contributed by atoms with van der Waals surface area (Å²) in [5.74, 6) is -0.462. The molecule has 17 heavy (non-hydrogen) atoms. The zero-order chi connectivity index (χ0) is 11.8. The van der Waals surface area contributed by atoms with Crippen LogP contribution in [0.5, 0.6) is 0 Å². The van der Waals surface area contributed by atoms with Crippen molar-refractivity contribution >= 4 is 11.5 Å². The summed E-state index contributed by atoms with van der Waals surface area (Å²) in [7, 11) is 0. The molecule has 0 saturated heterocycles. The topological polar surface area (TPSA) is 67.7 Å². The summed E-state index contributed by atoms with van der Waals surface area (Å²) in [4.78, 5) is 10.7. The van der Waals surface area contributed by atoms with Gasteiger partial charge in [0.05, 0.1) is 11.1 Å². The van der Waals surface area contributed by atoms with Crippen LogP contribution in [-0.2, 0) is 0 Å². The molecule has 1 N–H and O–H groups in total. The van der Waals surface area contributed by atoms with Crippen molar-refractivity contribution in [2.45, 2.75) is 0 Å². The number of fused-ring (bicyclic) bond motifs is 1. The minimum absolute atomic E-state index is 0.147. The van der Waals surface area contributed by atoms with Gasteiger partial charge in [-0.1, -0.05) is 0 Å². The molecular formula is C12H8N2O3. The van der Waals surface area contributed by atoms with E-state index in [0.29, 0.717) is 5.76 Å². The summed E-state index contributed by atoms with van der Waals surface area (Å²) < 4.78 is 6.95. The van der Waals surface area contributed by atoms with Crippen molar-refractivity contribution in [2.24, 2.45) is 0 Å². The van der Waals surface area contributed by atoms with E-state index in [1.807, 2.05) is 18.2 Å². The SMILES string of the molecule is O=C(O)c1coc(-c2ccn3nccc3c2)c1. The lowest BCUT2D eigenvalue weighted by Crippen LogP contribution is -1.91. The molecule has 0 aliphatic heterocycles. The molecule has 3 rings (SSSR count). The smallest absolute Gasteiger partial charge is 0.338 e. The Balaban J connectivity index is 2.09. The molecule has 3 heterocycles. The van der Waals surface area contributed by atoms with Crippen molar-refractivity contribution < 1.29 is 14.3 Å². The average Bonchev–Trinajstić information content (AvgIpc) is 2.97. The largest absolute Gasteiger partial charge is 0.478 e. The normalized spacial score (nSPS) is 10.8. The molecule has 0 amide bonds. The highest BCUT2D eigenvalue weighted by molar-refractivity contribution is 5.88. The first kappa shape index (κ1) is 9.65.